The van der Waals surface area contributed by atoms with Crippen LogP contribution in [0.2, 0.25) is 0 Å². The van der Waals surface area contributed by atoms with Crippen molar-refractivity contribution in [1.82, 2.24) is 0 Å². The zero-order valence-electron chi connectivity index (χ0n) is 15.4. The molecule has 0 heterocycles. The summed E-state index contributed by atoms with van der Waals surface area (Å²) in [4.78, 5) is 0. The fourth-order valence-electron chi connectivity index (χ4n) is 1.63. The summed E-state index contributed by atoms with van der Waals surface area (Å²) in [5, 5.41) is 0. The first-order valence-corrected chi connectivity index (χ1v) is 6.12. The number of nitrogens with two attached hydrogens (primary N) is 1. The van der Waals surface area contributed by atoms with Crippen molar-refractivity contribution in [2.24, 2.45) is 5.73 Å². The summed E-state index contributed by atoms with van der Waals surface area (Å²) in [6, 6.07) is 0. The summed E-state index contributed by atoms with van der Waals surface area (Å²) in [6.07, 6.45) is 13.9. The minimum Gasteiger partial charge on any atom is -1.00 e. The van der Waals surface area contributed by atoms with Crippen LogP contribution in [0.3, 0.4) is 0 Å². The summed E-state index contributed by atoms with van der Waals surface area (Å²) in [5.74, 6) is 0. The van der Waals surface area contributed by atoms with Crippen LogP contribution in [-0.4, -0.2) is 6.54 Å². The van der Waals surface area contributed by atoms with Gasteiger partial charge in [0.2, 0.25) is 0 Å². The monoisotopic (exact) mass is 257 g/mol. The Morgan fingerprint density at radius 1 is 0.625 bits per heavy atom. The molecule has 0 unspecified atom stereocenters. The Labute approximate surface area is 174 Å². The Morgan fingerprint density at radius 3 is 1.25 bits per heavy atom. The number of hydrogen-bond donors (Lipinski definition) is 1. The molecular weight excluding hydrogens is 227 g/mol. The van der Waals surface area contributed by atoms with Gasteiger partial charge in [-0.1, -0.05) is 64.7 Å². The third-order valence-corrected chi connectivity index (χ3v) is 2.56. The molecule has 0 fully saturated rings. The molecule has 0 aliphatic carbocycles. The van der Waals surface area contributed by atoms with Gasteiger partial charge in [-0.25, -0.2) is 0 Å². The van der Waals surface area contributed by atoms with Crippen molar-refractivity contribution in [1.29, 1.82) is 0 Å². The maximum absolute atomic E-state index is 5.42. The molecule has 1 nitrogen and oxygen atoms in total. The van der Waals surface area contributed by atoms with Crippen molar-refractivity contribution < 1.29 is 93.0 Å². The van der Waals surface area contributed by atoms with Crippen molar-refractivity contribution in [2.45, 2.75) is 71.1 Å². The van der Waals surface area contributed by atoms with E-state index in [0.717, 1.165) is 6.54 Å². The zero-order chi connectivity index (χ0) is 9.78. The molecule has 2 N–H and O–H groups in total. The molecule has 86 valence electrons. The molecule has 0 spiro atoms. The first kappa shape index (κ1) is 27.3. The average molecular weight is 257 g/mol. The van der Waals surface area contributed by atoms with Crippen LogP contribution in [0.25, 0.3) is 0 Å². The molecule has 0 aliphatic heterocycles. The molecule has 0 amide bonds. The van der Waals surface area contributed by atoms with Gasteiger partial charge in [0.05, 0.1) is 0 Å². The summed E-state index contributed by atoms with van der Waals surface area (Å²) in [6.45, 7) is 3.14. The molecule has 0 radical (unpaired) electrons. The van der Waals surface area contributed by atoms with Crippen LogP contribution in [-0.2, 0) is 0 Å². The molecule has 4 heteroatoms. The van der Waals surface area contributed by atoms with Gasteiger partial charge < -0.3 is 10.0 Å². The van der Waals surface area contributed by atoms with Gasteiger partial charge in [0.25, 0.3) is 0 Å². The summed E-state index contributed by atoms with van der Waals surface area (Å²) in [7, 11) is 0. The smallest absolute Gasteiger partial charge is 1.00 e. The standard InChI is InChI=1S/C12H27N.3Na.3H/c1-2-3-4-5-6-7-8-9-10-11-12-13;;;;;;/h2-13H2,1H3;;;;;;/q;3*+1;3*-1. The molecule has 0 atom stereocenters. The number of rotatable bonds is 10. The van der Waals surface area contributed by atoms with E-state index in [1.165, 1.54) is 64.2 Å². The average Bonchev–Trinajstić information content (AvgIpc) is 2.16. The molecular formula is C12H30NNa3. The van der Waals surface area contributed by atoms with E-state index in [1.54, 1.807) is 0 Å². The van der Waals surface area contributed by atoms with Gasteiger partial charge in [0, 0.05) is 0 Å². The Balaban J connectivity index is -0.0000000480. The van der Waals surface area contributed by atoms with Gasteiger partial charge in [-0.3, -0.25) is 0 Å². The fraction of sp³-hybridized carbons (Fsp3) is 1.00. The van der Waals surface area contributed by atoms with Crippen LogP contribution in [0.1, 0.15) is 75.4 Å². The molecule has 0 saturated heterocycles. The van der Waals surface area contributed by atoms with Gasteiger partial charge in [0.15, 0.2) is 0 Å². The summed E-state index contributed by atoms with van der Waals surface area (Å²) in [5.41, 5.74) is 5.42. The van der Waals surface area contributed by atoms with Crippen molar-refractivity contribution in [3.63, 3.8) is 0 Å². The van der Waals surface area contributed by atoms with Gasteiger partial charge in [-0.2, -0.15) is 0 Å². The van der Waals surface area contributed by atoms with Crippen LogP contribution in [0, 0.1) is 0 Å². The third-order valence-electron chi connectivity index (χ3n) is 2.56. The number of hydrogen-bond acceptors (Lipinski definition) is 1. The van der Waals surface area contributed by atoms with Crippen molar-refractivity contribution in [3.8, 4) is 0 Å². The molecule has 0 rings (SSSR count). The van der Waals surface area contributed by atoms with Crippen LogP contribution < -0.4 is 94.4 Å². The second-order valence-electron chi connectivity index (χ2n) is 3.97. The Hall–Kier alpha value is 2.96. The van der Waals surface area contributed by atoms with Crippen LogP contribution >= 0.6 is 0 Å². The fourth-order valence-corrected chi connectivity index (χ4v) is 1.63. The van der Waals surface area contributed by atoms with E-state index in [-0.39, 0.29) is 93.0 Å². The van der Waals surface area contributed by atoms with Crippen molar-refractivity contribution in [3.05, 3.63) is 0 Å². The Bertz CT molecular complexity index is 94.3. The predicted molar refractivity (Wildman–Crippen MR) is 64.2 cm³/mol. The number of unbranched alkanes of at least 4 members (excludes halogenated alkanes) is 9. The maximum atomic E-state index is 5.42. The minimum absolute atomic E-state index is 0. The topological polar surface area (TPSA) is 26.0 Å². The van der Waals surface area contributed by atoms with E-state index < -0.39 is 0 Å². The van der Waals surface area contributed by atoms with E-state index in [0.29, 0.717) is 0 Å². The molecule has 0 aliphatic rings. The minimum atomic E-state index is 0. The summed E-state index contributed by atoms with van der Waals surface area (Å²) < 4.78 is 0. The Kier molecular flexibility index (Phi) is 45.3. The largest absolute Gasteiger partial charge is 1.00 e. The van der Waals surface area contributed by atoms with Crippen molar-refractivity contribution >= 4 is 0 Å². The molecule has 0 aromatic heterocycles. The second-order valence-corrected chi connectivity index (χ2v) is 3.97. The van der Waals surface area contributed by atoms with E-state index in [9.17, 15) is 0 Å². The quantitative estimate of drug-likeness (QED) is 0.309. The zero-order valence-corrected chi connectivity index (χ0v) is 18.4. The van der Waals surface area contributed by atoms with Gasteiger partial charge in [-0.15, -0.1) is 0 Å². The van der Waals surface area contributed by atoms with Gasteiger partial charge in [0.1, 0.15) is 0 Å². The normalized spacial score (nSPS) is 8.62. The van der Waals surface area contributed by atoms with Crippen LogP contribution in [0.5, 0.6) is 0 Å². The van der Waals surface area contributed by atoms with Crippen LogP contribution in [0.15, 0.2) is 0 Å². The van der Waals surface area contributed by atoms with Crippen LogP contribution in [0.4, 0.5) is 0 Å². The summed E-state index contributed by atoms with van der Waals surface area (Å²) >= 11 is 0. The third kappa shape index (κ3) is 25.7. The first-order valence-electron chi connectivity index (χ1n) is 6.12. The molecule has 0 aromatic carbocycles. The second kappa shape index (κ2) is 26.5. The van der Waals surface area contributed by atoms with E-state index in [1.807, 2.05) is 0 Å². The molecule has 0 bridgehead atoms. The van der Waals surface area contributed by atoms with E-state index >= 15 is 0 Å². The predicted octanol–water partition coefficient (Wildman–Crippen LogP) is -4.78. The first-order chi connectivity index (χ1) is 6.41. The van der Waals surface area contributed by atoms with Crippen molar-refractivity contribution in [2.75, 3.05) is 6.54 Å². The maximum Gasteiger partial charge on any atom is 1.00 e. The molecule has 0 saturated carbocycles. The Morgan fingerprint density at radius 2 is 0.938 bits per heavy atom. The van der Waals surface area contributed by atoms with E-state index in [2.05, 4.69) is 6.92 Å². The van der Waals surface area contributed by atoms with Gasteiger partial charge >= 0.3 is 88.7 Å². The molecule has 16 heavy (non-hydrogen) atoms. The van der Waals surface area contributed by atoms with Gasteiger partial charge in [-0.05, 0) is 13.0 Å². The SMILES string of the molecule is CCCCCCCCCCCCN.[H-].[H-].[H-].[Na+].[Na+].[Na+]. The van der Waals surface area contributed by atoms with E-state index in [4.69, 9.17) is 5.73 Å². The molecule has 0 aromatic rings.